The Hall–Kier alpha value is -6.36. The van der Waals surface area contributed by atoms with Gasteiger partial charge >= 0.3 is 0 Å². The van der Waals surface area contributed by atoms with Gasteiger partial charge in [0.2, 0.25) is 0 Å². The number of ether oxygens (including phenoxy) is 2. The van der Waals surface area contributed by atoms with Crippen LogP contribution in [0.3, 0.4) is 0 Å². The molecule has 0 saturated heterocycles. The highest BCUT2D eigenvalue weighted by Gasteiger charge is 2.52. The second-order valence-electron chi connectivity index (χ2n) is 14.2. The molecule has 256 valence electrons. The molecule has 8 aromatic rings. The van der Waals surface area contributed by atoms with Crippen LogP contribution in [-0.2, 0) is 10.8 Å². The molecule has 0 saturated carbocycles. The smallest absolute Gasteiger partial charge is 0.132 e. The lowest BCUT2D eigenvalue weighted by molar-refractivity contribution is 0.436. The first-order chi connectivity index (χ1) is 26.6. The third kappa shape index (κ3) is 3.96. The van der Waals surface area contributed by atoms with E-state index < -0.39 is 5.41 Å². The zero-order valence-electron chi connectivity index (χ0n) is 29.1. The van der Waals surface area contributed by atoms with Crippen LogP contribution >= 0.6 is 15.9 Å². The van der Waals surface area contributed by atoms with Crippen molar-refractivity contribution in [3.8, 4) is 45.3 Å². The van der Waals surface area contributed by atoms with Crippen molar-refractivity contribution in [3.63, 3.8) is 0 Å². The van der Waals surface area contributed by atoms with Crippen LogP contribution in [0.4, 0.5) is 5.69 Å². The molecule has 0 unspecified atom stereocenters. The van der Waals surface area contributed by atoms with Crippen molar-refractivity contribution in [1.29, 1.82) is 0 Å². The molecule has 0 fully saturated rings. The number of nitrogens with two attached hydrogens (primary N) is 1. The number of fused-ring (bicyclic) bond motifs is 18. The SMILES string of the molecule is Brc1cccc2c1-c1ccccc1C21c2ccccc2Oc2ccccc21.Nc1cccc2c1-c1ccccc1C21c2ccccc2Oc2ccccc21. The van der Waals surface area contributed by atoms with E-state index in [2.05, 4.69) is 168 Å². The standard InChI is InChI=1S/C25H15BrO.C25H17NO/c2*26-21-13-7-12-20-24(21)16-8-1-2-9-17(16)25(20)18-10-3-5-14-22(18)27-23-15-6-4-11-19(23)25/h1-15H;1-15H,26H2. The van der Waals surface area contributed by atoms with E-state index in [1.165, 1.54) is 61.2 Å². The fourth-order valence-corrected chi connectivity index (χ4v) is 10.4. The van der Waals surface area contributed by atoms with E-state index in [9.17, 15) is 0 Å². The molecule has 12 rings (SSSR count). The van der Waals surface area contributed by atoms with E-state index in [0.717, 1.165) is 38.7 Å². The Kier molecular flexibility index (Phi) is 6.68. The van der Waals surface area contributed by atoms with Crippen LogP contribution in [0.15, 0.2) is 186 Å². The van der Waals surface area contributed by atoms with Crippen LogP contribution in [0.25, 0.3) is 22.3 Å². The van der Waals surface area contributed by atoms with Gasteiger partial charge in [-0.25, -0.2) is 0 Å². The van der Waals surface area contributed by atoms with Crippen LogP contribution in [0.1, 0.15) is 44.5 Å². The van der Waals surface area contributed by atoms with Gasteiger partial charge in [0.1, 0.15) is 23.0 Å². The Morgan fingerprint density at radius 2 is 0.667 bits per heavy atom. The van der Waals surface area contributed by atoms with E-state index >= 15 is 0 Å². The summed E-state index contributed by atoms with van der Waals surface area (Å²) in [5.74, 6) is 3.67. The van der Waals surface area contributed by atoms with E-state index in [1.807, 2.05) is 30.3 Å². The Balaban J connectivity index is 0.000000126. The summed E-state index contributed by atoms with van der Waals surface area (Å²) in [7, 11) is 0. The van der Waals surface area contributed by atoms with Crippen molar-refractivity contribution in [2.75, 3.05) is 5.73 Å². The van der Waals surface area contributed by atoms with Crippen LogP contribution < -0.4 is 15.2 Å². The minimum atomic E-state index is -0.410. The van der Waals surface area contributed by atoms with Gasteiger partial charge in [-0.15, -0.1) is 0 Å². The number of anilines is 1. The van der Waals surface area contributed by atoms with E-state index in [0.29, 0.717) is 0 Å². The summed E-state index contributed by atoms with van der Waals surface area (Å²) in [6, 6.07) is 63.7. The molecule has 54 heavy (non-hydrogen) atoms. The molecular formula is C50H32BrNO2. The van der Waals surface area contributed by atoms with Gasteiger partial charge in [-0.05, 0) is 69.8 Å². The number of halogens is 1. The van der Waals surface area contributed by atoms with E-state index in [-0.39, 0.29) is 5.41 Å². The average molecular weight is 759 g/mol. The van der Waals surface area contributed by atoms with Crippen LogP contribution in [0, 0.1) is 0 Å². The molecule has 2 heterocycles. The van der Waals surface area contributed by atoms with Crippen molar-refractivity contribution in [2.45, 2.75) is 10.8 Å². The number of hydrogen-bond acceptors (Lipinski definition) is 3. The fraction of sp³-hybridized carbons (Fsp3) is 0.0400. The normalized spacial score (nSPS) is 14.7. The molecule has 4 aliphatic rings. The van der Waals surface area contributed by atoms with Crippen molar-refractivity contribution < 1.29 is 9.47 Å². The molecule has 0 atom stereocenters. The maximum Gasteiger partial charge on any atom is 0.132 e. The summed E-state index contributed by atoms with van der Waals surface area (Å²) in [6.07, 6.45) is 0. The lowest BCUT2D eigenvalue weighted by Crippen LogP contribution is -2.32. The van der Waals surface area contributed by atoms with Gasteiger partial charge in [0, 0.05) is 43.5 Å². The molecule has 2 aliphatic heterocycles. The number of nitrogen functional groups attached to an aromatic ring is 1. The zero-order valence-corrected chi connectivity index (χ0v) is 30.7. The van der Waals surface area contributed by atoms with Crippen molar-refractivity contribution in [1.82, 2.24) is 0 Å². The van der Waals surface area contributed by atoms with Crippen LogP contribution in [0.5, 0.6) is 23.0 Å². The van der Waals surface area contributed by atoms with Gasteiger partial charge in [0.25, 0.3) is 0 Å². The maximum atomic E-state index is 6.49. The first-order valence-corrected chi connectivity index (χ1v) is 19.0. The summed E-state index contributed by atoms with van der Waals surface area (Å²) in [6.45, 7) is 0. The zero-order chi connectivity index (χ0) is 36.0. The molecule has 0 amide bonds. The highest BCUT2D eigenvalue weighted by atomic mass is 79.9. The summed E-state index contributed by atoms with van der Waals surface area (Å²) in [4.78, 5) is 0. The predicted octanol–water partition coefficient (Wildman–Crippen LogP) is 12.7. The second kappa shape index (κ2) is 11.6. The molecular weight excluding hydrogens is 726 g/mol. The summed E-state index contributed by atoms with van der Waals surface area (Å²) in [5, 5.41) is 0. The van der Waals surface area contributed by atoms with E-state index in [4.69, 9.17) is 15.2 Å². The number of benzene rings is 8. The van der Waals surface area contributed by atoms with Crippen molar-refractivity contribution in [3.05, 3.63) is 231 Å². The van der Waals surface area contributed by atoms with Gasteiger partial charge in [0.05, 0.1) is 10.8 Å². The van der Waals surface area contributed by atoms with Crippen LogP contribution in [0.2, 0.25) is 0 Å². The summed E-state index contributed by atoms with van der Waals surface area (Å²) in [5.41, 5.74) is 21.3. The lowest BCUT2D eigenvalue weighted by Gasteiger charge is -2.39. The highest BCUT2D eigenvalue weighted by molar-refractivity contribution is 9.10. The molecule has 8 aromatic carbocycles. The molecule has 3 nitrogen and oxygen atoms in total. The minimum absolute atomic E-state index is 0.360. The molecule has 4 heteroatoms. The number of para-hydroxylation sites is 4. The van der Waals surface area contributed by atoms with Crippen LogP contribution in [-0.4, -0.2) is 0 Å². The molecule has 0 radical (unpaired) electrons. The Labute approximate surface area is 322 Å². The molecule has 0 aromatic heterocycles. The highest BCUT2D eigenvalue weighted by Crippen LogP contribution is 2.64. The minimum Gasteiger partial charge on any atom is -0.457 e. The molecule has 2 N–H and O–H groups in total. The monoisotopic (exact) mass is 757 g/mol. The predicted molar refractivity (Wildman–Crippen MR) is 220 cm³/mol. The molecule has 2 aliphatic carbocycles. The Bertz CT molecular complexity index is 2550. The first kappa shape index (κ1) is 31.2. The second-order valence-corrected chi connectivity index (χ2v) is 15.1. The maximum absolute atomic E-state index is 6.49. The van der Waals surface area contributed by atoms with Gasteiger partial charge in [-0.2, -0.15) is 0 Å². The van der Waals surface area contributed by atoms with E-state index in [1.54, 1.807) is 0 Å². The largest absolute Gasteiger partial charge is 0.457 e. The Morgan fingerprint density at radius 1 is 0.333 bits per heavy atom. The number of hydrogen-bond donors (Lipinski definition) is 1. The number of rotatable bonds is 0. The summed E-state index contributed by atoms with van der Waals surface area (Å²) < 4.78 is 13.7. The quantitative estimate of drug-likeness (QED) is 0.157. The summed E-state index contributed by atoms with van der Waals surface area (Å²) >= 11 is 3.82. The molecule has 2 spiro atoms. The third-order valence-corrected chi connectivity index (χ3v) is 12.4. The topological polar surface area (TPSA) is 44.5 Å². The van der Waals surface area contributed by atoms with Gasteiger partial charge in [-0.3, -0.25) is 0 Å². The average Bonchev–Trinajstić information content (AvgIpc) is 3.69. The third-order valence-electron chi connectivity index (χ3n) is 11.7. The fourth-order valence-electron chi connectivity index (χ4n) is 9.79. The first-order valence-electron chi connectivity index (χ1n) is 18.2. The van der Waals surface area contributed by atoms with Gasteiger partial charge in [0.15, 0.2) is 0 Å². The van der Waals surface area contributed by atoms with Crippen molar-refractivity contribution in [2.24, 2.45) is 0 Å². The lowest BCUT2D eigenvalue weighted by atomic mass is 9.66. The van der Waals surface area contributed by atoms with Gasteiger partial charge in [-0.1, -0.05) is 162 Å². The molecule has 0 bridgehead atoms. The van der Waals surface area contributed by atoms with Gasteiger partial charge < -0.3 is 15.2 Å². The van der Waals surface area contributed by atoms with Crippen molar-refractivity contribution >= 4 is 21.6 Å². The Morgan fingerprint density at radius 3 is 1.13 bits per heavy atom.